The molecular weight excluding hydrogens is 420 g/mol. The lowest BCUT2D eigenvalue weighted by atomic mass is 9.85. The maximum absolute atomic E-state index is 12.5. The largest absolute Gasteiger partial charge is 0.493 e. The number of amides is 1. The van der Waals surface area contributed by atoms with Crippen LogP contribution in [0.15, 0.2) is 59.1 Å². The van der Waals surface area contributed by atoms with Crippen LogP contribution in [0.3, 0.4) is 0 Å². The minimum atomic E-state index is -0.345. The molecule has 1 fully saturated rings. The summed E-state index contributed by atoms with van der Waals surface area (Å²) < 4.78 is 17.0. The first kappa shape index (κ1) is 22.6. The molecule has 4 rings (SSSR count). The molecule has 2 aliphatic rings. The molecule has 0 aromatic heterocycles. The van der Waals surface area contributed by atoms with Crippen LogP contribution in [-0.4, -0.2) is 38.0 Å². The van der Waals surface area contributed by atoms with E-state index in [9.17, 15) is 9.59 Å². The van der Waals surface area contributed by atoms with Crippen LogP contribution in [0.4, 0.5) is 0 Å². The van der Waals surface area contributed by atoms with Gasteiger partial charge in [-0.3, -0.25) is 9.79 Å². The Morgan fingerprint density at radius 2 is 2.03 bits per heavy atom. The zero-order chi connectivity index (χ0) is 23.2. The summed E-state index contributed by atoms with van der Waals surface area (Å²) in [5.74, 6) is 1.34. The van der Waals surface area contributed by atoms with E-state index in [2.05, 4.69) is 17.2 Å². The number of hydrogen-bond donors (Lipinski definition) is 1. The number of benzene rings is 2. The summed E-state index contributed by atoms with van der Waals surface area (Å²) >= 11 is 0. The number of rotatable bonds is 9. The Kier molecular flexibility index (Phi) is 7.07. The number of esters is 1. The Morgan fingerprint density at radius 3 is 2.85 bits per heavy atom. The summed E-state index contributed by atoms with van der Waals surface area (Å²) in [6, 6.07) is 13.0. The molecule has 0 radical (unpaired) electrons. The minimum absolute atomic E-state index is 0.0421. The normalized spacial score (nSPS) is 16.9. The fourth-order valence-electron chi connectivity index (χ4n) is 4.03. The third-order valence-corrected chi connectivity index (χ3v) is 5.80. The van der Waals surface area contributed by atoms with Crippen LogP contribution in [0.25, 0.3) is 0 Å². The molecule has 1 amide bonds. The lowest BCUT2D eigenvalue weighted by Crippen LogP contribution is -2.38. The molecule has 7 nitrogen and oxygen atoms in total. The van der Waals surface area contributed by atoms with E-state index in [1.807, 2.05) is 42.5 Å². The summed E-state index contributed by atoms with van der Waals surface area (Å²) in [5.41, 5.74) is 3.25. The molecule has 1 atom stereocenters. The second kappa shape index (κ2) is 10.3. The van der Waals surface area contributed by atoms with E-state index in [1.165, 1.54) is 0 Å². The van der Waals surface area contributed by atoms with Crippen LogP contribution >= 0.6 is 0 Å². The van der Waals surface area contributed by atoms with E-state index >= 15 is 0 Å². The zero-order valence-electron chi connectivity index (χ0n) is 18.9. The van der Waals surface area contributed by atoms with Crippen LogP contribution < -0.4 is 14.8 Å². The van der Waals surface area contributed by atoms with Gasteiger partial charge in [0.25, 0.3) is 0 Å². The highest BCUT2D eigenvalue weighted by molar-refractivity contribution is 6.12. The highest BCUT2D eigenvalue weighted by Crippen LogP contribution is 2.38. The van der Waals surface area contributed by atoms with Crippen LogP contribution in [0.2, 0.25) is 0 Å². The van der Waals surface area contributed by atoms with Crippen molar-refractivity contribution in [1.29, 1.82) is 0 Å². The van der Waals surface area contributed by atoms with Crippen molar-refractivity contribution in [1.82, 2.24) is 5.32 Å². The van der Waals surface area contributed by atoms with Gasteiger partial charge in [-0.25, -0.2) is 4.79 Å². The van der Waals surface area contributed by atoms with E-state index in [0.717, 1.165) is 29.5 Å². The van der Waals surface area contributed by atoms with Gasteiger partial charge in [0.05, 0.1) is 25.8 Å². The molecule has 172 valence electrons. The predicted octanol–water partition coefficient (Wildman–Crippen LogP) is 4.17. The number of methoxy groups -OCH3 is 1. The van der Waals surface area contributed by atoms with E-state index in [0.29, 0.717) is 42.5 Å². The SMILES string of the molecule is CCCCOC(=O)c1ccccc1COc1ccc(C2CC(=O)NC3=NCC=C32)cc1OC. The zero-order valence-corrected chi connectivity index (χ0v) is 18.9. The summed E-state index contributed by atoms with van der Waals surface area (Å²) in [4.78, 5) is 28.9. The fourth-order valence-corrected chi connectivity index (χ4v) is 4.03. The maximum atomic E-state index is 12.5. The molecule has 0 saturated carbocycles. The monoisotopic (exact) mass is 448 g/mol. The van der Waals surface area contributed by atoms with Crippen molar-refractivity contribution in [2.45, 2.75) is 38.7 Å². The minimum Gasteiger partial charge on any atom is -0.493 e. The molecule has 2 aliphatic heterocycles. The number of fused-ring (bicyclic) bond motifs is 1. The highest BCUT2D eigenvalue weighted by Gasteiger charge is 2.32. The maximum Gasteiger partial charge on any atom is 0.338 e. The number of nitrogens with zero attached hydrogens (tertiary/aromatic N) is 1. The first-order valence-corrected chi connectivity index (χ1v) is 11.2. The summed E-state index contributed by atoms with van der Waals surface area (Å²) in [5, 5.41) is 2.84. The number of carbonyl (C=O) groups is 2. The average molecular weight is 449 g/mol. The van der Waals surface area contributed by atoms with Crippen LogP contribution in [0, 0.1) is 0 Å². The Hall–Kier alpha value is -3.61. The molecule has 1 N–H and O–H groups in total. The van der Waals surface area contributed by atoms with Gasteiger partial charge in [0.2, 0.25) is 5.91 Å². The second-order valence-corrected chi connectivity index (χ2v) is 8.00. The number of piperidine rings is 1. The van der Waals surface area contributed by atoms with Crippen molar-refractivity contribution in [3.8, 4) is 11.5 Å². The van der Waals surface area contributed by atoms with Crippen molar-refractivity contribution >= 4 is 17.7 Å². The lowest BCUT2D eigenvalue weighted by Gasteiger charge is -2.26. The summed E-state index contributed by atoms with van der Waals surface area (Å²) in [6.45, 7) is 3.24. The number of carbonyl (C=O) groups excluding carboxylic acids is 2. The van der Waals surface area contributed by atoms with E-state index in [1.54, 1.807) is 13.2 Å². The molecular formula is C26H28N2O5. The van der Waals surface area contributed by atoms with Gasteiger partial charge in [-0.2, -0.15) is 0 Å². The first-order chi connectivity index (χ1) is 16.1. The van der Waals surface area contributed by atoms with Gasteiger partial charge >= 0.3 is 5.97 Å². The number of ether oxygens (including phenoxy) is 3. The Labute approximate surface area is 193 Å². The molecule has 33 heavy (non-hydrogen) atoms. The molecule has 2 heterocycles. The van der Waals surface area contributed by atoms with Crippen molar-refractivity contribution in [3.63, 3.8) is 0 Å². The standard InChI is InChI=1S/C26H28N2O5/c1-3-4-13-32-26(30)19-8-6-5-7-18(19)16-33-22-10-9-17(14-23(22)31-2)21-15-24(29)28-25-20(21)11-12-27-25/h5-11,14,21H,3-4,12-13,15-16H2,1-2H3,(H,27,28,29). The highest BCUT2D eigenvalue weighted by atomic mass is 16.5. The third-order valence-electron chi connectivity index (χ3n) is 5.80. The van der Waals surface area contributed by atoms with Crippen LogP contribution in [0.5, 0.6) is 11.5 Å². The first-order valence-electron chi connectivity index (χ1n) is 11.2. The average Bonchev–Trinajstić information content (AvgIpc) is 3.30. The molecule has 7 heteroatoms. The number of unbranched alkanes of at least 4 members (excludes halogenated alkanes) is 1. The topological polar surface area (TPSA) is 86.2 Å². The lowest BCUT2D eigenvalue weighted by molar-refractivity contribution is -0.120. The van der Waals surface area contributed by atoms with Gasteiger partial charge in [0.1, 0.15) is 12.4 Å². The van der Waals surface area contributed by atoms with Crippen molar-refractivity contribution in [2.24, 2.45) is 4.99 Å². The van der Waals surface area contributed by atoms with Gasteiger partial charge in [-0.05, 0) is 30.2 Å². The van der Waals surface area contributed by atoms with Gasteiger partial charge in [0.15, 0.2) is 11.5 Å². The number of nitrogens with one attached hydrogen (secondary N) is 1. The van der Waals surface area contributed by atoms with Crippen molar-refractivity contribution < 1.29 is 23.8 Å². The van der Waals surface area contributed by atoms with Crippen molar-refractivity contribution in [3.05, 3.63) is 70.8 Å². The fraction of sp³-hybridized carbons (Fsp3) is 0.346. The molecule has 1 unspecified atom stereocenters. The van der Waals surface area contributed by atoms with Gasteiger partial charge in [0, 0.05) is 23.5 Å². The smallest absolute Gasteiger partial charge is 0.338 e. The third kappa shape index (κ3) is 5.08. The van der Waals surface area contributed by atoms with Crippen LogP contribution in [-0.2, 0) is 16.1 Å². The number of amidine groups is 1. The molecule has 0 bridgehead atoms. The Morgan fingerprint density at radius 1 is 1.18 bits per heavy atom. The van der Waals surface area contributed by atoms with Gasteiger partial charge in [-0.1, -0.05) is 43.7 Å². The summed E-state index contributed by atoms with van der Waals surface area (Å²) in [6.07, 6.45) is 4.21. The van der Waals surface area contributed by atoms with Crippen molar-refractivity contribution in [2.75, 3.05) is 20.3 Å². The Balaban J connectivity index is 1.50. The Bertz CT molecular complexity index is 1110. The second-order valence-electron chi connectivity index (χ2n) is 8.00. The van der Waals surface area contributed by atoms with Crippen LogP contribution in [0.1, 0.15) is 53.6 Å². The molecule has 1 saturated heterocycles. The molecule has 0 aliphatic carbocycles. The van der Waals surface area contributed by atoms with Gasteiger partial charge < -0.3 is 19.5 Å². The predicted molar refractivity (Wildman–Crippen MR) is 125 cm³/mol. The van der Waals surface area contributed by atoms with E-state index in [4.69, 9.17) is 14.2 Å². The van der Waals surface area contributed by atoms with E-state index in [-0.39, 0.29) is 24.4 Å². The van der Waals surface area contributed by atoms with Gasteiger partial charge in [-0.15, -0.1) is 0 Å². The number of hydrogen-bond acceptors (Lipinski definition) is 6. The summed E-state index contributed by atoms with van der Waals surface area (Å²) in [7, 11) is 1.58. The molecule has 2 aromatic rings. The quantitative estimate of drug-likeness (QED) is 0.460. The molecule has 2 aromatic carbocycles. The molecule has 0 spiro atoms. The number of aliphatic imine (C=N–C) groups is 1. The van der Waals surface area contributed by atoms with E-state index < -0.39 is 0 Å².